The molecule has 88 heavy (non-hydrogen) atoms. The normalized spacial score (nSPS) is 14.5. The first-order valence-electron chi connectivity index (χ1n) is 36.0. The minimum absolute atomic E-state index is 0.103. The summed E-state index contributed by atoms with van der Waals surface area (Å²) in [6.45, 7) is 9.47. The molecule has 17 nitrogen and oxygen atoms in total. The molecule has 6 atom stereocenters. The van der Waals surface area contributed by atoms with E-state index in [1.807, 2.05) is 0 Å². The van der Waals surface area contributed by atoms with Gasteiger partial charge in [0.15, 0.2) is 12.2 Å². The van der Waals surface area contributed by atoms with Crippen molar-refractivity contribution in [2.45, 2.75) is 368 Å². The third-order valence-corrected chi connectivity index (χ3v) is 18.2. The van der Waals surface area contributed by atoms with E-state index in [1.54, 1.807) is 0 Å². The van der Waals surface area contributed by atoms with Gasteiger partial charge in [-0.25, -0.2) is 9.13 Å². The molecule has 0 aliphatic carbocycles. The summed E-state index contributed by atoms with van der Waals surface area (Å²) in [4.78, 5) is 72.4. The van der Waals surface area contributed by atoms with Gasteiger partial charge in [0.1, 0.15) is 19.3 Å². The lowest BCUT2D eigenvalue weighted by molar-refractivity contribution is -0.161. The zero-order valence-corrected chi connectivity index (χ0v) is 58.8. The molecule has 19 heteroatoms. The number of hydrogen-bond acceptors (Lipinski definition) is 15. The van der Waals surface area contributed by atoms with E-state index < -0.39 is 97.5 Å². The molecule has 0 aromatic heterocycles. The number of esters is 4. The molecule has 0 aliphatic heterocycles. The predicted molar refractivity (Wildman–Crippen MR) is 354 cm³/mol. The van der Waals surface area contributed by atoms with E-state index in [9.17, 15) is 43.2 Å². The van der Waals surface area contributed by atoms with Crippen molar-refractivity contribution in [3.63, 3.8) is 0 Å². The second-order valence-electron chi connectivity index (χ2n) is 25.6. The fourth-order valence-corrected chi connectivity index (χ4v) is 12.0. The molecule has 0 spiro atoms. The first-order valence-corrected chi connectivity index (χ1v) is 39.0. The number of hydrogen-bond donors (Lipinski definition) is 3. The zero-order valence-electron chi connectivity index (χ0n) is 57.0. The van der Waals surface area contributed by atoms with Gasteiger partial charge in [0, 0.05) is 25.7 Å². The highest BCUT2D eigenvalue weighted by molar-refractivity contribution is 7.47. The number of aliphatic hydroxyl groups excluding tert-OH is 1. The Morgan fingerprint density at radius 1 is 0.330 bits per heavy atom. The first kappa shape index (κ1) is 86.1. The van der Waals surface area contributed by atoms with Gasteiger partial charge in [-0.15, -0.1) is 0 Å². The molecule has 0 rings (SSSR count). The van der Waals surface area contributed by atoms with E-state index in [-0.39, 0.29) is 25.7 Å². The summed E-state index contributed by atoms with van der Waals surface area (Å²) in [5, 5.41) is 10.6. The molecule has 3 unspecified atom stereocenters. The number of carbonyl (C=O) groups is 4. The highest BCUT2D eigenvalue weighted by Gasteiger charge is 2.30. The Bertz CT molecular complexity index is 1720. The zero-order chi connectivity index (χ0) is 65.0. The molecular weight excluding hydrogens is 1160 g/mol. The predicted octanol–water partition coefficient (Wildman–Crippen LogP) is 19.6. The molecule has 0 saturated heterocycles. The van der Waals surface area contributed by atoms with Crippen LogP contribution in [0.3, 0.4) is 0 Å². The van der Waals surface area contributed by atoms with E-state index in [0.717, 1.165) is 102 Å². The molecule has 0 heterocycles. The molecule has 0 aromatic rings. The van der Waals surface area contributed by atoms with Gasteiger partial charge in [0.25, 0.3) is 0 Å². The fourth-order valence-electron chi connectivity index (χ4n) is 10.4. The van der Waals surface area contributed by atoms with Crippen LogP contribution in [0.5, 0.6) is 0 Å². The summed E-state index contributed by atoms with van der Waals surface area (Å²) in [7, 11) is -9.90. The summed E-state index contributed by atoms with van der Waals surface area (Å²) in [6.07, 6.45) is 45.8. The van der Waals surface area contributed by atoms with Gasteiger partial charge in [-0.2, -0.15) is 0 Å². The Kier molecular flexibility index (Phi) is 59.9. The second-order valence-corrected chi connectivity index (χ2v) is 28.5. The Balaban J connectivity index is 5.24. The van der Waals surface area contributed by atoms with Crippen LogP contribution < -0.4 is 0 Å². The number of ether oxygens (including phenoxy) is 4. The molecule has 522 valence electrons. The van der Waals surface area contributed by atoms with E-state index >= 15 is 0 Å². The largest absolute Gasteiger partial charge is 0.472 e. The number of unbranched alkanes of at least 4 members (excludes halogenated alkanes) is 37. The highest BCUT2D eigenvalue weighted by Crippen LogP contribution is 2.45. The van der Waals surface area contributed by atoms with Gasteiger partial charge in [-0.05, 0) is 37.5 Å². The van der Waals surface area contributed by atoms with Crippen LogP contribution >= 0.6 is 15.6 Å². The summed E-state index contributed by atoms with van der Waals surface area (Å²) in [5.41, 5.74) is 0. The van der Waals surface area contributed by atoms with E-state index in [1.165, 1.54) is 167 Å². The maximum atomic E-state index is 13.0. The van der Waals surface area contributed by atoms with E-state index in [0.29, 0.717) is 25.7 Å². The molecule has 0 bridgehead atoms. The van der Waals surface area contributed by atoms with Gasteiger partial charge in [-0.3, -0.25) is 37.3 Å². The van der Waals surface area contributed by atoms with Crippen molar-refractivity contribution in [1.29, 1.82) is 0 Å². The molecule has 0 fully saturated rings. The van der Waals surface area contributed by atoms with E-state index in [2.05, 4.69) is 41.5 Å². The lowest BCUT2D eigenvalue weighted by Crippen LogP contribution is -2.30. The van der Waals surface area contributed by atoms with Crippen LogP contribution in [0.25, 0.3) is 0 Å². The van der Waals surface area contributed by atoms with Crippen LogP contribution in [-0.4, -0.2) is 96.7 Å². The minimum Gasteiger partial charge on any atom is -0.462 e. The topological polar surface area (TPSA) is 237 Å². The third-order valence-electron chi connectivity index (χ3n) is 16.3. The summed E-state index contributed by atoms with van der Waals surface area (Å²) in [5.74, 6) is -0.664. The molecule has 0 amide bonds. The van der Waals surface area contributed by atoms with Gasteiger partial charge in [0.05, 0.1) is 26.4 Å². The lowest BCUT2D eigenvalue weighted by atomic mass is 10.00. The fraction of sp³-hybridized carbons (Fsp3) is 0.942. The highest BCUT2D eigenvalue weighted by atomic mass is 31.2. The summed E-state index contributed by atoms with van der Waals surface area (Å²) in [6, 6.07) is 0. The monoisotopic (exact) mass is 1300 g/mol. The van der Waals surface area contributed by atoms with Crippen LogP contribution in [0.4, 0.5) is 0 Å². The van der Waals surface area contributed by atoms with Crippen molar-refractivity contribution in [2.24, 2.45) is 11.8 Å². The van der Waals surface area contributed by atoms with Gasteiger partial charge in [0.2, 0.25) is 0 Å². The quantitative estimate of drug-likeness (QED) is 0.0222. The van der Waals surface area contributed by atoms with Crippen molar-refractivity contribution in [3.05, 3.63) is 0 Å². The summed E-state index contributed by atoms with van der Waals surface area (Å²) >= 11 is 0. The average Bonchev–Trinajstić information content (AvgIpc) is 3.71. The van der Waals surface area contributed by atoms with Crippen LogP contribution in [0.15, 0.2) is 0 Å². The van der Waals surface area contributed by atoms with Crippen LogP contribution in [0.2, 0.25) is 0 Å². The van der Waals surface area contributed by atoms with Gasteiger partial charge < -0.3 is 33.8 Å². The number of carbonyl (C=O) groups excluding carboxylic acids is 4. The maximum absolute atomic E-state index is 13.0. The minimum atomic E-state index is -4.95. The van der Waals surface area contributed by atoms with Crippen LogP contribution in [0, 0.1) is 11.8 Å². The average molecular weight is 1300 g/mol. The van der Waals surface area contributed by atoms with Crippen LogP contribution in [0.1, 0.15) is 350 Å². The van der Waals surface area contributed by atoms with Gasteiger partial charge in [-0.1, -0.05) is 298 Å². The maximum Gasteiger partial charge on any atom is 0.472 e. The third kappa shape index (κ3) is 61.6. The Labute approximate surface area is 537 Å². The SMILES string of the molecule is CCCCCCCCCCCCCCCCCCC(=O)O[C@H](COC(=O)CCCCCCCCCCCC(C)C)COP(=O)(O)OC[C@@H](O)COP(=O)(O)OC[C@@H](COC(=O)CCCCCCCCCCCC)OC(=O)CCCCCCCCC(C)CC. The van der Waals surface area contributed by atoms with Crippen molar-refractivity contribution in [2.75, 3.05) is 39.6 Å². The molecule has 3 N–H and O–H groups in total. The van der Waals surface area contributed by atoms with E-state index in [4.69, 9.17) is 37.0 Å². The second kappa shape index (κ2) is 61.3. The molecule has 0 aliphatic rings. The van der Waals surface area contributed by atoms with Crippen molar-refractivity contribution < 1.29 is 80.2 Å². The van der Waals surface area contributed by atoms with Crippen molar-refractivity contribution in [3.8, 4) is 0 Å². The number of phosphoric ester groups is 2. The van der Waals surface area contributed by atoms with Crippen molar-refractivity contribution in [1.82, 2.24) is 0 Å². The Hall–Kier alpha value is -1.94. The molecule has 0 radical (unpaired) electrons. The van der Waals surface area contributed by atoms with Crippen LogP contribution in [-0.2, 0) is 65.4 Å². The van der Waals surface area contributed by atoms with Crippen molar-refractivity contribution >= 4 is 39.5 Å². The lowest BCUT2D eigenvalue weighted by Gasteiger charge is -2.21. The number of phosphoric acid groups is 2. The standard InChI is InChI=1S/C69H134O17P2/c1-7-10-12-14-16-18-20-21-22-23-24-25-29-34-41-47-53-68(73)85-64(57-79-67(72)52-46-40-33-30-26-27-31-37-43-49-61(4)5)59-83-87(75,76)81-55-63(70)56-82-88(77,78)84-60-65(86-69(74)54-48-42-36-35-38-44-50-62(6)9-3)58-80-66(71)51-45-39-32-28-19-17-15-13-11-8-2/h61-65,70H,7-60H2,1-6H3,(H,75,76)(H,77,78)/t62?,63-,64-,65-/m1/s1. The Morgan fingerprint density at radius 2 is 0.580 bits per heavy atom. The first-order chi connectivity index (χ1) is 42.4. The summed E-state index contributed by atoms with van der Waals surface area (Å²) < 4.78 is 68.2. The molecule has 0 saturated carbocycles. The van der Waals surface area contributed by atoms with Gasteiger partial charge >= 0.3 is 39.5 Å². The number of rotatable bonds is 68. The smallest absolute Gasteiger partial charge is 0.462 e. The molecular formula is C69H134O17P2. The Morgan fingerprint density at radius 3 is 0.864 bits per heavy atom. The molecule has 0 aromatic carbocycles. The number of aliphatic hydroxyl groups is 1.